The van der Waals surface area contributed by atoms with E-state index in [1.807, 2.05) is 19.1 Å². The predicted molar refractivity (Wildman–Crippen MR) is 77.6 cm³/mol. The molecule has 1 aromatic rings. The number of ether oxygens (including phenoxy) is 1. The van der Waals surface area contributed by atoms with Crippen LogP contribution in [0.15, 0.2) is 29.2 Å². The number of sulfone groups is 1. The summed E-state index contributed by atoms with van der Waals surface area (Å²) < 4.78 is 30.6. The molecule has 5 heteroatoms. The second kappa shape index (κ2) is 5.47. The van der Waals surface area contributed by atoms with Crippen molar-refractivity contribution in [3.05, 3.63) is 29.8 Å². The second-order valence-electron chi connectivity index (χ2n) is 5.81. The van der Waals surface area contributed by atoms with E-state index in [1.54, 1.807) is 12.1 Å². The van der Waals surface area contributed by atoms with Gasteiger partial charge in [0.05, 0.1) is 29.4 Å². The fourth-order valence-corrected chi connectivity index (χ4v) is 4.67. The summed E-state index contributed by atoms with van der Waals surface area (Å²) in [7, 11) is -3.21. The normalized spacial score (nSPS) is 25.4. The predicted octanol–water partition coefficient (Wildman–Crippen LogP) is 1.63. The molecule has 0 saturated carbocycles. The maximum atomic E-state index is 12.7. The third-order valence-electron chi connectivity index (χ3n) is 4.33. The molecule has 0 aromatic heterocycles. The molecule has 1 atom stereocenters. The second-order valence-corrected chi connectivity index (χ2v) is 8.04. The Morgan fingerprint density at radius 1 is 1.20 bits per heavy atom. The van der Waals surface area contributed by atoms with Crippen LogP contribution < -0.4 is 0 Å². The SMILES string of the molecule is Cc1ccc(S(=O)(=O)C2CCCN(C3COC3)C2)cc1. The molecule has 0 radical (unpaired) electrons. The lowest BCUT2D eigenvalue weighted by Gasteiger charge is -2.41. The molecule has 20 heavy (non-hydrogen) atoms. The summed E-state index contributed by atoms with van der Waals surface area (Å²) in [5.74, 6) is 0. The van der Waals surface area contributed by atoms with Gasteiger partial charge in [-0.25, -0.2) is 8.42 Å². The number of piperidine rings is 1. The largest absolute Gasteiger partial charge is 0.378 e. The van der Waals surface area contributed by atoms with Crippen LogP contribution in [0, 0.1) is 6.92 Å². The Labute approximate surface area is 120 Å². The van der Waals surface area contributed by atoms with Crippen molar-refractivity contribution in [3.63, 3.8) is 0 Å². The van der Waals surface area contributed by atoms with Crippen molar-refractivity contribution in [1.82, 2.24) is 4.90 Å². The minimum atomic E-state index is -3.21. The van der Waals surface area contributed by atoms with Gasteiger partial charge in [0.1, 0.15) is 0 Å². The molecule has 0 spiro atoms. The number of hydrogen-bond acceptors (Lipinski definition) is 4. The smallest absolute Gasteiger partial charge is 0.182 e. The standard InChI is InChI=1S/C15H21NO3S/c1-12-4-6-14(7-5-12)20(17,18)15-3-2-8-16(9-15)13-10-19-11-13/h4-7,13,15H,2-3,8-11H2,1H3. The molecule has 2 fully saturated rings. The van der Waals surface area contributed by atoms with Crippen LogP contribution in [0.1, 0.15) is 18.4 Å². The number of likely N-dealkylation sites (tertiary alicyclic amines) is 1. The Morgan fingerprint density at radius 2 is 1.90 bits per heavy atom. The van der Waals surface area contributed by atoms with E-state index in [9.17, 15) is 8.42 Å². The molecule has 2 aliphatic rings. The Morgan fingerprint density at radius 3 is 2.50 bits per heavy atom. The van der Waals surface area contributed by atoms with Crippen LogP contribution in [0.3, 0.4) is 0 Å². The molecule has 1 unspecified atom stereocenters. The topological polar surface area (TPSA) is 46.6 Å². The molecule has 2 heterocycles. The summed E-state index contributed by atoms with van der Waals surface area (Å²) in [5.41, 5.74) is 1.08. The van der Waals surface area contributed by atoms with Crippen molar-refractivity contribution in [2.24, 2.45) is 0 Å². The molecule has 0 bridgehead atoms. The van der Waals surface area contributed by atoms with Gasteiger partial charge in [-0.1, -0.05) is 17.7 Å². The zero-order chi connectivity index (χ0) is 14.2. The minimum absolute atomic E-state index is 0.278. The van der Waals surface area contributed by atoms with Crippen LogP contribution >= 0.6 is 0 Å². The van der Waals surface area contributed by atoms with Crippen LogP contribution in [-0.4, -0.2) is 50.9 Å². The maximum Gasteiger partial charge on any atom is 0.182 e. The molecule has 4 nitrogen and oxygen atoms in total. The van der Waals surface area contributed by atoms with Gasteiger partial charge in [-0.15, -0.1) is 0 Å². The summed E-state index contributed by atoms with van der Waals surface area (Å²) in [4.78, 5) is 2.74. The van der Waals surface area contributed by atoms with Crippen LogP contribution in [-0.2, 0) is 14.6 Å². The molecular formula is C15H21NO3S. The highest BCUT2D eigenvalue weighted by atomic mass is 32.2. The monoisotopic (exact) mass is 295 g/mol. The number of aryl methyl sites for hydroxylation is 1. The number of rotatable bonds is 3. The molecule has 2 aliphatic heterocycles. The third-order valence-corrected chi connectivity index (χ3v) is 6.53. The highest BCUT2D eigenvalue weighted by Crippen LogP contribution is 2.26. The van der Waals surface area contributed by atoms with Crippen molar-refractivity contribution in [3.8, 4) is 0 Å². The van der Waals surface area contributed by atoms with E-state index in [1.165, 1.54) is 0 Å². The first-order valence-corrected chi connectivity index (χ1v) is 8.74. The lowest BCUT2D eigenvalue weighted by Crippen LogP contribution is -2.54. The Hall–Kier alpha value is -0.910. The van der Waals surface area contributed by atoms with Gasteiger partial charge in [-0.2, -0.15) is 0 Å². The summed E-state index contributed by atoms with van der Waals surface area (Å²) in [6.45, 7) is 5.10. The van der Waals surface area contributed by atoms with Crippen molar-refractivity contribution < 1.29 is 13.2 Å². The number of benzene rings is 1. The fourth-order valence-electron chi connectivity index (χ4n) is 2.91. The van der Waals surface area contributed by atoms with Gasteiger partial charge in [0.15, 0.2) is 9.84 Å². The van der Waals surface area contributed by atoms with E-state index in [4.69, 9.17) is 4.74 Å². The van der Waals surface area contributed by atoms with Gasteiger partial charge in [-0.3, -0.25) is 4.90 Å². The fraction of sp³-hybridized carbons (Fsp3) is 0.600. The van der Waals surface area contributed by atoms with Crippen LogP contribution in [0.2, 0.25) is 0 Å². The summed E-state index contributed by atoms with van der Waals surface area (Å²) in [6.07, 6.45) is 1.71. The van der Waals surface area contributed by atoms with Crippen molar-refractivity contribution in [2.45, 2.75) is 36.0 Å². The quantitative estimate of drug-likeness (QED) is 0.850. The molecule has 1 aromatic carbocycles. The summed E-state index contributed by atoms with van der Waals surface area (Å²) >= 11 is 0. The van der Waals surface area contributed by atoms with E-state index in [-0.39, 0.29) is 5.25 Å². The van der Waals surface area contributed by atoms with E-state index >= 15 is 0 Å². The van der Waals surface area contributed by atoms with Crippen LogP contribution in [0.5, 0.6) is 0 Å². The molecular weight excluding hydrogens is 274 g/mol. The zero-order valence-corrected chi connectivity index (χ0v) is 12.6. The maximum absolute atomic E-state index is 12.7. The highest BCUT2D eigenvalue weighted by Gasteiger charge is 2.36. The van der Waals surface area contributed by atoms with E-state index < -0.39 is 9.84 Å². The van der Waals surface area contributed by atoms with Gasteiger partial charge >= 0.3 is 0 Å². The van der Waals surface area contributed by atoms with Crippen molar-refractivity contribution in [1.29, 1.82) is 0 Å². The molecule has 0 aliphatic carbocycles. The van der Waals surface area contributed by atoms with Crippen molar-refractivity contribution in [2.75, 3.05) is 26.3 Å². The average molecular weight is 295 g/mol. The third kappa shape index (κ3) is 2.62. The zero-order valence-electron chi connectivity index (χ0n) is 11.8. The molecule has 0 amide bonds. The van der Waals surface area contributed by atoms with E-state index in [0.29, 0.717) is 17.5 Å². The number of nitrogens with zero attached hydrogens (tertiary/aromatic N) is 1. The minimum Gasteiger partial charge on any atom is -0.378 e. The summed E-state index contributed by atoms with van der Waals surface area (Å²) in [5, 5.41) is -0.278. The molecule has 110 valence electrons. The molecule has 0 N–H and O–H groups in total. The van der Waals surface area contributed by atoms with Gasteiger partial charge in [0, 0.05) is 6.54 Å². The van der Waals surface area contributed by atoms with E-state index in [0.717, 1.165) is 38.2 Å². The first-order valence-electron chi connectivity index (χ1n) is 7.20. The van der Waals surface area contributed by atoms with Gasteiger partial charge in [0.2, 0.25) is 0 Å². The van der Waals surface area contributed by atoms with Gasteiger partial charge in [0.25, 0.3) is 0 Å². The van der Waals surface area contributed by atoms with Crippen LogP contribution in [0.4, 0.5) is 0 Å². The Balaban J connectivity index is 1.77. The highest BCUT2D eigenvalue weighted by molar-refractivity contribution is 7.92. The van der Waals surface area contributed by atoms with Crippen molar-refractivity contribution >= 4 is 9.84 Å². The molecule has 2 saturated heterocycles. The lowest BCUT2D eigenvalue weighted by atomic mass is 10.1. The number of hydrogen-bond donors (Lipinski definition) is 0. The average Bonchev–Trinajstić information content (AvgIpc) is 2.37. The molecule has 3 rings (SSSR count). The first-order chi connectivity index (χ1) is 9.57. The Bertz CT molecular complexity index is 563. The first kappa shape index (κ1) is 14.0. The Kier molecular flexibility index (Phi) is 3.84. The van der Waals surface area contributed by atoms with Gasteiger partial charge in [-0.05, 0) is 38.4 Å². The lowest BCUT2D eigenvalue weighted by molar-refractivity contribution is -0.0693. The van der Waals surface area contributed by atoms with Crippen LogP contribution in [0.25, 0.3) is 0 Å². The van der Waals surface area contributed by atoms with Gasteiger partial charge < -0.3 is 4.74 Å². The van der Waals surface area contributed by atoms with E-state index in [2.05, 4.69) is 4.90 Å². The summed E-state index contributed by atoms with van der Waals surface area (Å²) in [6, 6.07) is 7.62.